The number of nitrogens with zero attached hydrogens (tertiary/aromatic N) is 1. The van der Waals surface area contributed by atoms with Gasteiger partial charge in [0, 0.05) is 13.0 Å². The second-order valence-electron chi connectivity index (χ2n) is 8.06. The maximum atomic E-state index is 13.1. The Bertz CT molecular complexity index is 1230. The Morgan fingerprint density at radius 2 is 1.88 bits per heavy atom. The van der Waals surface area contributed by atoms with Crippen molar-refractivity contribution in [3.63, 3.8) is 0 Å². The van der Waals surface area contributed by atoms with Gasteiger partial charge in [0.2, 0.25) is 5.91 Å². The predicted octanol–water partition coefficient (Wildman–Crippen LogP) is 5.37. The Balaban J connectivity index is 1.78. The molecule has 0 saturated heterocycles. The number of rotatable bonds is 7. The fourth-order valence-corrected chi connectivity index (χ4v) is 3.85. The van der Waals surface area contributed by atoms with Gasteiger partial charge in [0.25, 0.3) is 5.56 Å². The smallest absolute Gasteiger partial charge is 0.349 e. The van der Waals surface area contributed by atoms with Crippen LogP contribution in [0.4, 0.5) is 13.2 Å². The Morgan fingerprint density at radius 3 is 2.56 bits per heavy atom. The standard InChI is InChI=1S/C23H24F3N3O2S/c1-14(2)12-19(15-6-5-7-16(13-15)23(24,25)26)27-20(30)10-11-29-21(31)17-8-3-4-9-18(17)28-22(29)32/h3-9,13-14,19H,10-12H2,1-2H3,(H,27,30)(H,28,32). The number of amides is 1. The van der Waals surface area contributed by atoms with Crippen LogP contribution in [0, 0.1) is 10.7 Å². The Morgan fingerprint density at radius 1 is 1.16 bits per heavy atom. The molecule has 3 aromatic rings. The van der Waals surface area contributed by atoms with Crippen LogP contribution in [0.1, 0.15) is 43.9 Å². The second kappa shape index (κ2) is 9.68. The van der Waals surface area contributed by atoms with Crippen molar-refractivity contribution in [2.45, 2.75) is 45.5 Å². The molecule has 0 bridgehead atoms. The topological polar surface area (TPSA) is 66.9 Å². The zero-order valence-electron chi connectivity index (χ0n) is 17.7. The molecule has 2 aromatic carbocycles. The summed E-state index contributed by atoms with van der Waals surface area (Å²) >= 11 is 5.26. The van der Waals surface area contributed by atoms with Crippen molar-refractivity contribution in [1.29, 1.82) is 0 Å². The molecule has 2 N–H and O–H groups in total. The van der Waals surface area contributed by atoms with Crippen molar-refractivity contribution in [3.05, 3.63) is 74.8 Å². The molecular weight excluding hydrogens is 439 g/mol. The summed E-state index contributed by atoms with van der Waals surface area (Å²) in [5.74, 6) is -0.227. The molecule has 1 aromatic heterocycles. The van der Waals surface area contributed by atoms with E-state index in [0.29, 0.717) is 22.9 Å². The molecule has 32 heavy (non-hydrogen) atoms. The number of H-pyrrole nitrogens is 1. The van der Waals surface area contributed by atoms with E-state index in [4.69, 9.17) is 12.2 Å². The number of hydrogen-bond acceptors (Lipinski definition) is 3. The van der Waals surface area contributed by atoms with Gasteiger partial charge in [-0.05, 0) is 54.4 Å². The third kappa shape index (κ3) is 5.64. The van der Waals surface area contributed by atoms with E-state index in [-0.39, 0.29) is 35.1 Å². The third-order valence-corrected chi connectivity index (χ3v) is 5.43. The number of aromatic nitrogens is 2. The summed E-state index contributed by atoms with van der Waals surface area (Å²) in [4.78, 5) is 28.4. The molecule has 1 heterocycles. The first-order valence-corrected chi connectivity index (χ1v) is 10.7. The lowest BCUT2D eigenvalue weighted by atomic mass is 9.95. The summed E-state index contributed by atoms with van der Waals surface area (Å²) in [6.45, 7) is 3.92. The number of aromatic amines is 1. The van der Waals surface area contributed by atoms with Crippen LogP contribution < -0.4 is 10.9 Å². The zero-order chi connectivity index (χ0) is 23.5. The van der Waals surface area contributed by atoms with E-state index in [1.54, 1.807) is 30.3 Å². The normalized spacial score (nSPS) is 12.8. The van der Waals surface area contributed by atoms with Gasteiger partial charge in [0.1, 0.15) is 0 Å². The molecule has 0 aliphatic carbocycles. The van der Waals surface area contributed by atoms with E-state index >= 15 is 0 Å². The number of carbonyl (C=O) groups excluding carboxylic acids is 1. The molecule has 1 atom stereocenters. The predicted molar refractivity (Wildman–Crippen MR) is 120 cm³/mol. The van der Waals surface area contributed by atoms with Gasteiger partial charge in [-0.2, -0.15) is 13.2 Å². The summed E-state index contributed by atoms with van der Waals surface area (Å²) in [7, 11) is 0. The molecule has 0 fully saturated rings. The van der Waals surface area contributed by atoms with Gasteiger partial charge in [-0.1, -0.05) is 38.1 Å². The van der Waals surface area contributed by atoms with Gasteiger partial charge in [0.05, 0.1) is 22.5 Å². The van der Waals surface area contributed by atoms with E-state index in [9.17, 15) is 22.8 Å². The number of benzene rings is 2. The van der Waals surface area contributed by atoms with E-state index in [2.05, 4.69) is 10.3 Å². The molecule has 5 nitrogen and oxygen atoms in total. The summed E-state index contributed by atoms with van der Waals surface area (Å²) in [5, 5.41) is 3.29. The van der Waals surface area contributed by atoms with E-state index in [1.807, 2.05) is 13.8 Å². The fraction of sp³-hybridized carbons (Fsp3) is 0.348. The van der Waals surface area contributed by atoms with Crippen molar-refractivity contribution in [2.24, 2.45) is 5.92 Å². The minimum absolute atomic E-state index is 0.0384. The van der Waals surface area contributed by atoms with Gasteiger partial charge < -0.3 is 10.3 Å². The van der Waals surface area contributed by atoms with Crippen LogP contribution in [0.3, 0.4) is 0 Å². The van der Waals surface area contributed by atoms with Crippen molar-refractivity contribution >= 4 is 29.0 Å². The number of fused-ring (bicyclic) bond motifs is 1. The highest BCUT2D eigenvalue weighted by Gasteiger charge is 2.31. The maximum absolute atomic E-state index is 13.1. The van der Waals surface area contributed by atoms with Crippen LogP contribution in [-0.4, -0.2) is 15.5 Å². The Kier molecular flexibility index (Phi) is 7.18. The van der Waals surface area contributed by atoms with Crippen molar-refractivity contribution < 1.29 is 18.0 Å². The molecule has 0 saturated carbocycles. The maximum Gasteiger partial charge on any atom is 0.416 e. The zero-order valence-corrected chi connectivity index (χ0v) is 18.5. The Labute approximate surface area is 188 Å². The minimum atomic E-state index is -4.46. The van der Waals surface area contributed by atoms with Crippen LogP contribution in [0.15, 0.2) is 53.3 Å². The lowest BCUT2D eigenvalue weighted by Crippen LogP contribution is -2.32. The second-order valence-corrected chi connectivity index (χ2v) is 8.44. The van der Waals surface area contributed by atoms with Crippen LogP contribution in [0.25, 0.3) is 10.9 Å². The summed E-state index contributed by atoms with van der Waals surface area (Å²) in [6, 6.07) is 11.4. The van der Waals surface area contributed by atoms with Gasteiger partial charge in [-0.25, -0.2) is 0 Å². The van der Waals surface area contributed by atoms with Crippen LogP contribution >= 0.6 is 12.2 Å². The molecule has 170 valence electrons. The van der Waals surface area contributed by atoms with Gasteiger partial charge in [0.15, 0.2) is 4.77 Å². The number of para-hydroxylation sites is 1. The van der Waals surface area contributed by atoms with Crippen molar-refractivity contribution in [3.8, 4) is 0 Å². The van der Waals surface area contributed by atoms with E-state index in [1.165, 1.54) is 10.6 Å². The van der Waals surface area contributed by atoms with Gasteiger partial charge in [-0.3, -0.25) is 14.2 Å². The fourth-order valence-electron chi connectivity index (χ4n) is 3.56. The number of halogens is 3. The molecule has 1 unspecified atom stereocenters. The molecule has 0 spiro atoms. The summed E-state index contributed by atoms with van der Waals surface area (Å²) in [6.07, 6.45) is -4.03. The SMILES string of the molecule is CC(C)CC(NC(=O)CCn1c(=S)[nH]c2ccccc2c1=O)c1cccc(C(F)(F)F)c1. The molecular formula is C23H24F3N3O2S. The molecule has 3 rings (SSSR count). The molecule has 0 radical (unpaired) electrons. The molecule has 0 aliphatic heterocycles. The third-order valence-electron chi connectivity index (χ3n) is 5.11. The highest BCUT2D eigenvalue weighted by Crippen LogP contribution is 2.32. The average molecular weight is 464 g/mol. The lowest BCUT2D eigenvalue weighted by Gasteiger charge is -2.22. The summed E-state index contributed by atoms with van der Waals surface area (Å²) < 4.78 is 40.9. The highest BCUT2D eigenvalue weighted by molar-refractivity contribution is 7.71. The van der Waals surface area contributed by atoms with Crippen LogP contribution in [-0.2, 0) is 17.5 Å². The first-order chi connectivity index (χ1) is 15.1. The molecule has 9 heteroatoms. The van der Waals surface area contributed by atoms with Crippen molar-refractivity contribution in [1.82, 2.24) is 14.9 Å². The van der Waals surface area contributed by atoms with Gasteiger partial charge >= 0.3 is 6.18 Å². The molecule has 0 aliphatic rings. The number of hydrogen-bond donors (Lipinski definition) is 2. The number of alkyl halides is 3. The van der Waals surface area contributed by atoms with E-state index in [0.717, 1.165) is 12.1 Å². The Hall–Kier alpha value is -2.94. The van der Waals surface area contributed by atoms with E-state index < -0.39 is 17.8 Å². The van der Waals surface area contributed by atoms with Crippen LogP contribution in [0.2, 0.25) is 0 Å². The molecule has 1 amide bonds. The quantitative estimate of drug-likeness (QED) is 0.463. The van der Waals surface area contributed by atoms with Gasteiger partial charge in [-0.15, -0.1) is 0 Å². The highest BCUT2D eigenvalue weighted by atomic mass is 32.1. The lowest BCUT2D eigenvalue weighted by molar-refractivity contribution is -0.137. The number of carbonyl (C=O) groups is 1. The monoisotopic (exact) mass is 463 g/mol. The van der Waals surface area contributed by atoms with Crippen LogP contribution in [0.5, 0.6) is 0 Å². The first kappa shape index (κ1) is 23.7. The number of nitrogens with one attached hydrogen (secondary N) is 2. The van der Waals surface area contributed by atoms with Crippen molar-refractivity contribution in [2.75, 3.05) is 0 Å². The average Bonchev–Trinajstić information content (AvgIpc) is 2.72. The summed E-state index contributed by atoms with van der Waals surface area (Å²) in [5.41, 5.74) is -0.0486. The largest absolute Gasteiger partial charge is 0.416 e. The minimum Gasteiger partial charge on any atom is -0.349 e. The first-order valence-electron chi connectivity index (χ1n) is 10.2.